The molecule has 6 nitrogen and oxygen atoms in total. The predicted molar refractivity (Wildman–Crippen MR) is 156 cm³/mol. The van der Waals surface area contributed by atoms with Crippen LogP contribution in [0.3, 0.4) is 0 Å². The first-order chi connectivity index (χ1) is 17.5. The summed E-state index contributed by atoms with van der Waals surface area (Å²) in [6.07, 6.45) is 30.1. The van der Waals surface area contributed by atoms with Crippen molar-refractivity contribution in [3.8, 4) is 0 Å². The Morgan fingerprint density at radius 3 is 1.92 bits per heavy atom. The number of carboxylic acid groups (broad SMARTS) is 1. The molecule has 0 unspecified atom stereocenters. The van der Waals surface area contributed by atoms with Gasteiger partial charge in [0.2, 0.25) is 11.8 Å². The fourth-order valence-electron chi connectivity index (χ4n) is 3.06. The summed E-state index contributed by atoms with van der Waals surface area (Å²) in [5.41, 5.74) is 5.06. The summed E-state index contributed by atoms with van der Waals surface area (Å²) in [4.78, 5) is 34.0. The van der Waals surface area contributed by atoms with Crippen LogP contribution in [-0.2, 0) is 14.4 Å². The van der Waals surface area contributed by atoms with Crippen molar-refractivity contribution in [2.24, 2.45) is 5.73 Å². The molecule has 0 radical (unpaired) electrons. The second kappa shape index (κ2) is 26.1. The lowest BCUT2D eigenvalue weighted by atomic mass is 10.1. The van der Waals surface area contributed by atoms with E-state index in [2.05, 4.69) is 48.7 Å². The molecule has 0 fully saturated rings. The van der Waals surface area contributed by atoms with E-state index >= 15 is 0 Å². The van der Waals surface area contributed by atoms with E-state index in [0.29, 0.717) is 12.2 Å². The molecule has 0 saturated heterocycles. The van der Waals surface area contributed by atoms with Gasteiger partial charge in [0.25, 0.3) is 0 Å². The molecule has 1 atom stereocenters. The van der Waals surface area contributed by atoms with Crippen LogP contribution >= 0.6 is 21.6 Å². The molecule has 0 bridgehead atoms. The number of aliphatic carboxylic acids is 1. The van der Waals surface area contributed by atoms with Gasteiger partial charge < -0.3 is 16.2 Å². The van der Waals surface area contributed by atoms with Gasteiger partial charge in [0.15, 0.2) is 0 Å². The monoisotopic (exact) mass is 538 g/mol. The minimum Gasteiger partial charge on any atom is -0.480 e. The highest BCUT2D eigenvalue weighted by Crippen LogP contribution is 2.22. The third-order valence-corrected chi connectivity index (χ3v) is 7.54. The number of unbranched alkanes of at least 4 members (excludes halogenated alkanes) is 6. The summed E-state index contributed by atoms with van der Waals surface area (Å²) < 4.78 is 0. The number of nitrogens with one attached hydrogen (secondary N) is 1. The lowest BCUT2D eigenvalue weighted by molar-refractivity contribution is -0.141. The van der Waals surface area contributed by atoms with Gasteiger partial charge in [-0.25, -0.2) is 4.79 Å². The Hall–Kier alpha value is -1.93. The van der Waals surface area contributed by atoms with Gasteiger partial charge in [0.05, 0.1) is 0 Å². The van der Waals surface area contributed by atoms with Gasteiger partial charge in [-0.15, -0.1) is 0 Å². The van der Waals surface area contributed by atoms with Crippen LogP contribution in [0.25, 0.3) is 0 Å². The Morgan fingerprint density at radius 1 is 0.778 bits per heavy atom. The Morgan fingerprint density at radius 2 is 1.33 bits per heavy atom. The average molecular weight is 539 g/mol. The first-order valence-electron chi connectivity index (χ1n) is 13.1. The smallest absolute Gasteiger partial charge is 0.327 e. The molecule has 204 valence electrons. The standard InChI is InChI=1S/C28H46N2O4S2/c1-2-3-4-5-6-7-8-9-10-11-12-13-14-15-16-17-18-19-20-21-27(32)30-25(28(33)34)24-36-35-23-22-26(29)31/h9-10,12-13,15-16,18-19,25H,2-8,11,14,17,20-24H2,1H3,(H2,29,31)(H,30,32)(H,33,34)/b10-9-,13-12-,16-15-,19-18-/t25-/m1/s1. The topological polar surface area (TPSA) is 109 Å². The van der Waals surface area contributed by atoms with Gasteiger partial charge in [-0.2, -0.15) is 0 Å². The molecule has 0 aliphatic heterocycles. The maximum Gasteiger partial charge on any atom is 0.327 e. The van der Waals surface area contributed by atoms with Crippen molar-refractivity contribution < 1.29 is 19.5 Å². The molecule has 36 heavy (non-hydrogen) atoms. The van der Waals surface area contributed by atoms with Crippen molar-refractivity contribution in [3.63, 3.8) is 0 Å². The minimum absolute atomic E-state index is 0.231. The zero-order valence-electron chi connectivity index (χ0n) is 21.9. The number of hydrogen-bond acceptors (Lipinski definition) is 5. The second-order valence-electron chi connectivity index (χ2n) is 8.47. The highest BCUT2D eigenvalue weighted by atomic mass is 33.1. The lowest BCUT2D eigenvalue weighted by Crippen LogP contribution is -2.42. The van der Waals surface area contributed by atoms with Gasteiger partial charge in [-0.1, -0.05) is 109 Å². The van der Waals surface area contributed by atoms with Gasteiger partial charge in [0.1, 0.15) is 6.04 Å². The number of carboxylic acids is 1. The molecule has 2 amide bonds. The van der Waals surface area contributed by atoms with Crippen LogP contribution < -0.4 is 11.1 Å². The number of hydrogen-bond donors (Lipinski definition) is 3. The largest absolute Gasteiger partial charge is 0.480 e. The van der Waals surface area contributed by atoms with E-state index < -0.39 is 12.0 Å². The second-order valence-corrected chi connectivity index (χ2v) is 11.1. The van der Waals surface area contributed by atoms with Crippen molar-refractivity contribution in [2.75, 3.05) is 11.5 Å². The van der Waals surface area contributed by atoms with Crippen molar-refractivity contribution in [1.82, 2.24) is 5.32 Å². The van der Waals surface area contributed by atoms with Crippen LogP contribution in [0.5, 0.6) is 0 Å². The van der Waals surface area contributed by atoms with E-state index in [1.165, 1.54) is 66.5 Å². The molecular formula is C28H46N2O4S2. The summed E-state index contributed by atoms with van der Waals surface area (Å²) in [6.45, 7) is 2.25. The SMILES string of the molecule is CCCCCCCC/C=C\C/C=C\C/C=C\C/C=C\CCC(=O)N[C@H](CSSCCC(N)=O)C(=O)O. The van der Waals surface area contributed by atoms with E-state index in [4.69, 9.17) is 5.73 Å². The predicted octanol–water partition coefficient (Wildman–Crippen LogP) is 6.74. The third kappa shape index (κ3) is 25.2. The van der Waals surface area contributed by atoms with E-state index in [1.807, 2.05) is 12.2 Å². The number of primary amides is 1. The van der Waals surface area contributed by atoms with Gasteiger partial charge in [-0.05, 0) is 38.5 Å². The lowest BCUT2D eigenvalue weighted by Gasteiger charge is -2.13. The third-order valence-electron chi connectivity index (χ3n) is 5.13. The maximum absolute atomic E-state index is 12.0. The highest BCUT2D eigenvalue weighted by Gasteiger charge is 2.19. The van der Waals surface area contributed by atoms with E-state index in [0.717, 1.165) is 19.3 Å². The highest BCUT2D eigenvalue weighted by molar-refractivity contribution is 8.76. The average Bonchev–Trinajstić information content (AvgIpc) is 2.84. The quantitative estimate of drug-likeness (QED) is 0.0713. The molecule has 0 aromatic heterocycles. The van der Waals surface area contributed by atoms with E-state index in [1.54, 1.807) is 0 Å². The van der Waals surface area contributed by atoms with Crippen LogP contribution in [0, 0.1) is 0 Å². The molecule has 0 aromatic carbocycles. The summed E-state index contributed by atoms with van der Waals surface area (Å²) in [7, 11) is 2.68. The van der Waals surface area contributed by atoms with Crippen molar-refractivity contribution in [2.45, 2.75) is 96.4 Å². The molecule has 8 heteroatoms. The summed E-state index contributed by atoms with van der Waals surface area (Å²) >= 11 is 0. The van der Waals surface area contributed by atoms with E-state index in [9.17, 15) is 19.5 Å². The van der Waals surface area contributed by atoms with Crippen LogP contribution in [0.1, 0.15) is 90.4 Å². The fraction of sp³-hybridized carbons (Fsp3) is 0.607. The number of allylic oxidation sites excluding steroid dienone is 8. The first kappa shape index (κ1) is 34.1. The van der Waals surface area contributed by atoms with Gasteiger partial charge in [0, 0.05) is 24.3 Å². The Kier molecular flexibility index (Phi) is 24.7. The van der Waals surface area contributed by atoms with Crippen LogP contribution in [0.2, 0.25) is 0 Å². The van der Waals surface area contributed by atoms with Crippen LogP contribution in [-0.4, -0.2) is 40.4 Å². The Balaban J connectivity index is 3.78. The Bertz CT molecular complexity index is 706. The van der Waals surface area contributed by atoms with Crippen molar-refractivity contribution in [1.29, 1.82) is 0 Å². The van der Waals surface area contributed by atoms with E-state index in [-0.39, 0.29) is 30.4 Å². The number of carbonyl (C=O) groups excluding carboxylic acids is 2. The molecule has 0 heterocycles. The summed E-state index contributed by atoms with van der Waals surface area (Å²) in [5.74, 6) is -0.979. The van der Waals surface area contributed by atoms with Gasteiger partial charge in [-0.3, -0.25) is 9.59 Å². The number of rotatable bonds is 24. The van der Waals surface area contributed by atoms with Crippen molar-refractivity contribution >= 4 is 39.4 Å². The minimum atomic E-state index is -1.06. The summed E-state index contributed by atoms with van der Waals surface area (Å²) in [6, 6.07) is -0.945. The number of amides is 2. The van der Waals surface area contributed by atoms with Crippen molar-refractivity contribution in [3.05, 3.63) is 48.6 Å². The molecule has 0 saturated carbocycles. The fourth-order valence-corrected chi connectivity index (χ4v) is 5.23. The number of carbonyl (C=O) groups is 3. The summed E-state index contributed by atoms with van der Waals surface area (Å²) in [5, 5.41) is 11.8. The van der Waals surface area contributed by atoms with Crippen LogP contribution in [0.15, 0.2) is 48.6 Å². The molecule has 0 spiro atoms. The zero-order valence-corrected chi connectivity index (χ0v) is 23.5. The molecular weight excluding hydrogens is 492 g/mol. The number of nitrogens with two attached hydrogens (primary N) is 1. The molecule has 4 N–H and O–H groups in total. The molecule has 0 aromatic rings. The first-order valence-corrected chi connectivity index (χ1v) is 15.6. The molecule has 0 rings (SSSR count). The maximum atomic E-state index is 12.0. The van der Waals surface area contributed by atoms with Crippen LogP contribution in [0.4, 0.5) is 0 Å². The normalized spacial score (nSPS) is 12.8. The molecule has 0 aliphatic carbocycles. The van der Waals surface area contributed by atoms with Gasteiger partial charge >= 0.3 is 5.97 Å². The zero-order chi connectivity index (χ0) is 26.7. The molecule has 0 aliphatic rings. The Labute approximate surface area is 226 Å².